The molecule has 2 heterocycles. The van der Waals surface area contributed by atoms with E-state index in [1.165, 1.54) is 6.42 Å². The van der Waals surface area contributed by atoms with E-state index >= 15 is 0 Å². The second-order valence-electron chi connectivity index (χ2n) is 8.58. The van der Waals surface area contributed by atoms with Crippen LogP contribution in [0.25, 0.3) is 33.1 Å². The van der Waals surface area contributed by atoms with Crippen molar-refractivity contribution in [2.75, 3.05) is 13.7 Å². The summed E-state index contributed by atoms with van der Waals surface area (Å²) in [5.41, 5.74) is 7.51. The third-order valence-corrected chi connectivity index (χ3v) is 6.56. The van der Waals surface area contributed by atoms with E-state index in [1.807, 2.05) is 34.9 Å². The maximum Gasteiger partial charge on any atom is 0.261 e. The molecule has 0 saturated heterocycles. The van der Waals surface area contributed by atoms with Gasteiger partial charge in [0.15, 0.2) is 0 Å². The Labute approximate surface area is 180 Å². The van der Waals surface area contributed by atoms with Crippen LogP contribution in [-0.2, 0) is 6.54 Å². The first-order chi connectivity index (χ1) is 15.2. The Balaban J connectivity index is 1.66. The zero-order chi connectivity index (χ0) is 21.4. The quantitative estimate of drug-likeness (QED) is 0.514. The molecule has 2 N–H and O–H groups in total. The van der Waals surface area contributed by atoms with E-state index in [2.05, 4.69) is 0 Å². The van der Waals surface area contributed by atoms with Crippen molar-refractivity contribution in [2.24, 2.45) is 17.6 Å². The molecule has 2 atom stereocenters. The van der Waals surface area contributed by atoms with E-state index in [0.717, 1.165) is 35.6 Å². The van der Waals surface area contributed by atoms with Crippen molar-refractivity contribution in [3.8, 4) is 17.1 Å². The summed E-state index contributed by atoms with van der Waals surface area (Å²) in [6.45, 7) is 1.36. The van der Waals surface area contributed by atoms with Gasteiger partial charge in [0.1, 0.15) is 11.6 Å². The van der Waals surface area contributed by atoms with Crippen LogP contribution in [0, 0.1) is 11.8 Å². The molecule has 0 radical (unpaired) electrons. The fourth-order valence-electron chi connectivity index (χ4n) is 4.86. The van der Waals surface area contributed by atoms with Gasteiger partial charge in [0, 0.05) is 22.9 Å². The highest BCUT2D eigenvalue weighted by Gasteiger charge is 2.24. The molecular formula is C25H27N3O3. The van der Waals surface area contributed by atoms with E-state index in [4.69, 9.17) is 19.9 Å². The molecule has 0 amide bonds. The molecule has 2 aromatic heterocycles. The van der Waals surface area contributed by atoms with Crippen LogP contribution in [0.3, 0.4) is 0 Å². The van der Waals surface area contributed by atoms with E-state index in [-0.39, 0.29) is 5.56 Å². The number of ether oxygens (including phenoxy) is 1. The van der Waals surface area contributed by atoms with E-state index in [0.29, 0.717) is 47.4 Å². The van der Waals surface area contributed by atoms with Crippen molar-refractivity contribution >= 4 is 21.7 Å². The molecule has 0 spiro atoms. The van der Waals surface area contributed by atoms with Gasteiger partial charge in [0.25, 0.3) is 5.56 Å². The first-order valence-electron chi connectivity index (χ1n) is 10.9. The Bertz CT molecular complexity index is 1290. The molecule has 1 aliphatic rings. The standard InChI is InChI=1S/C25H27N3O3/c1-30-21-7-8-23-22(11-21)25(29)28(13-17-4-2-3-16(9-17)12-26)24(27-23)18-5-6-19-14-31-15-20(19)10-18/h5-8,10-11,14-17H,2-4,9,12-13,26H2,1H3. The minimum absolute atomic E-state index is 0.0268. The van der Waals surface area contributed by atoms with Gasteiger partial charge < -0.3 is 14.9 Å². The normalized spacial score (nSPS) is 19.2. The van der Waals surface area contributed by atoms with Gasteiger partial charge >= 0.3 is 0 Å². The lowest BCUT2D eigenvalue weighted by molar-refractivity contribution is 0.246. The molecule has 160 valence electrons. The first-order valence-corrected chi connectivity index (χ1v) is 10.9. The Morgan fingerprint density at radius 3 is 2.81 bits per heavy atom. The van der Waals surface area contributed by atoms with Crippen LogP contribution in [0.1, 0.15) is 25.7 Å². The van der Waals surface area contributed by atoms with E-state index in [1.54, 1.807) is 25.7 Å². The summed E-state index contributed by atoms with van der Waals surface area (Å²) in [7, 11) is 1.61. The lowest BCUT2D eigenvalue weighted by atomic mass is 9.81. The summed E-state index contributed by atoms with van der Waals surface area (Å²) < 4.78 is 12.5. The molecule has 1 saturated carbocycles. The number of nitrogens with two attached hydrogens (primary N) is 1. The SMILES string of the molecule is COc1ccc2nc(-c3ccc4cocc4c3)n(CC3CCCC(CN)C3)c(=O)c2c1. The molecule has 4 aromatic rings. The Morgan fingerprint density at radius 2 is 1.97 bits per heavy atom. The predicted octanol–water partition coefficient (Wildman–Crippen LogP) is 4.58. The molecule has 6 heteroatoms. The molecule has 0 aliphatic heterocycles. The maximum atomic E-state index is 13.7. The molecule has 1 fully saturated rings. The number of fused-ring (bicyclic) bond motifs is 2. The van der Waals surface area contributed by atoms with Crippen molar-refractivity contribution in [3.63, 3.8) is 0 Å². The second kappa shape index (κ2) is 8.19. The summed E-state index contributed by atoms with van der Waals surface area (Å²) in [4.78, 5) is 18.6. The maximum absolute atomic E-state index is 13.7. The molecule has 2 unspecified atom stereocenters. The van der Waals surface area contributed by atoms with Gasteiger partial charge in [-0.15, -0.1) is 0 Å². The van der Waals surface area contributed by atoms with E-state index in [9.17, 15) is 4.79 Å². The van der Waals surface area contributed by atoms with Crippen molar-refractivity contribution in [3.05, 3.63) is 59.3 Å². The van der Waals surface area contributed by atoms with Gasteiger partial charge in [-0.2, -0.15) is 0 Å². The van der Waals surface area contributed by atoms with Gasteiger partial charge in [-0.1, -0.05) is 18.6 Å². The van der Waals surface area contributed by atoms with Crippen molar-refractivity contribution in [1.82, 2.24) is 9.55 Å². The van der Waals surface area contributed by atoms with Gasteiger partial charge in [0.05, 0.1) is 30.5 Å². The number of benzene rings is 2. The van der Waals surface area contributed by atoms with Crippen LogP contribution < -0.4 is 16.0 Å². The van der Waals surface area contributed by atoms with Crippen LogP contribution in [0.2, 0.25) is 0 Å². The largest absolute Gasteiger partial charge is 0.497 e. The fourth-order valence-corrected chi connectivity index (χ4v) is 4.86. The van der Waals surface area contributed by atoms with Gasteiger partial charge in [-0.3, -0.25) is 9.36 Å². The smallest absolute Gasteiger partial charge is 0.261 e. The van der Waals surface area contributed by atoms with Gasteiger partial charge in [0.2, 0.25) is 0 Å². The average molecular weight is 418 g/mol. The molecule has 2 aromatic carbocycles. The van der Waals surface area contributed by atoms with Gasteiger partial charge in [-0.05, 0) is 61.9 Å². The number of nitrogens with zero attached hydrogens (tertiary/aromatic N) is 2. The highest BCUT2D eigenvalue weighted by atomic mass is 16.5. The molecule has 1 aliphatic carbocycles. The zero-order valence-corrected chi connectivity index (χ0v) is 17.7. The lowest BCUT2D eigenvalue weighted by Crippen LogP contribution is -2.30. The number of rotatable bonds is 5. The van der Waals surface area contributed by atoms with E-state index < -0.39 is 0 Å². The summed E-state index contributed by atoms with van der Waals surface area (Å²) in [5.74, 6) is 2.31. The second-order valence-corrected chi connectivity index (χ2v) is 8.58. The average Bonchev–Trinajstić information content (AvgIpc) is 3.28. The zero-order valence-electron chi connectivity index (χ0n) is 17.7. The molecular weight excluding hydrogens is 390 g/mol. The highest BCUT2D eigenvalue weighted by molar-refractivity contribution is 5.87. The minimum atomic E-state index is -0.0268. The number of methoxy groups -OCH3 is 1. The van der Waals surface area contributed by atoms with Crippen molar-refractivity contribution in [1.29, 1.82) is 0 Å². The third kappa shape index (κ3) is 3.72. The Morgan fingerprint density at radius 1 is 1.13 bits per heavy atom. The Hall–Kier alpha value is -3.12. The summed E-state index contributed by atoms with van der Waals surface area (Å²) in [6, 6.07) is 11.5. The van der Waals surface area contributed by atoms with Crippen LogP contribution in [0.5, 0.6) is 5.75 Å². The fraction of sp³-hybridized carbons (Fsp3) is 0.360. The first kappa shape index (κ1) is 19.8. The third-order valence-electron chi connectivity index (χ3n) is 6.56. The minimum Gasteiger partial charge on any atom is -0.497 e. The lowest BCUT2D eigenvalue weighted by Gasteiger charge is -2.29. The van der Waals surface area contributed by atoms with Crippen LogP contribution in [0.4, 0.5) is 0 Å². The Kier molecular flexibility index (Phi) is 5.24. The predicted molar refractivity (Wildman–Crippen MR) is 122 cm³/mol. The van der Waals surface area contributed by atoms with Gasteiger partial charge in [-0.25, -0.2) is 4.98 Å². The topological polar surface area (TPSA) is 83.3 Å². The number of aromatic nitrogens is 2. The van der Waals surface area contributed by atoms with Crippen LogP contribution in [0.15, 0.2) is 58.1 Å². The number of furan rings is 1. The van der Waals surface area contributed by atoms with Crippen molar-refractivity contribution < 1.29 is 9.15 Å². The molecule has 0 bridgehead atoms. The van der Waals surface area contributed by atoms with Crippen LogP contribution in [-0.4, -0.2) is 23.2 Å². The molecule has 6 nitrogen and oxygen atoms in total. The summed E-state index contributed by atoms with van der Waals surface area (Å²) >= 11 is 0. The van der Waals surface area contributed by atoms with Crippen LogP contribution >= 0.6 is 0 Å². The summed E-state index contributed by atoms with van der Waals surface area (Å²) in [5, 5.41) is 2.61. The summed E-state index contributed by atoms with van der Waals surface area (Å²) in [6.07, 6.45) is 7.95. The monoisotopic (exact) mass is 417 g/mol. The number of hydrogen-bond acceptors (Lipinski definition) is 5. The van der Waals surface area contributed by atoms with Crippen molar-refractivity contribution in [2.45, 2.75) is 32.2 Å². The number of hydrogen-bond donors (Lipinski definition) is 1. The molecule has 5 rings (SSSR count). The highest BCUT2D eigenvalue weighted by Crippen LogP contribution is 2.31. The molecule has 31 heavy (non-hydrogen) atoms.